The molecule has 1 amide bonds. The number of hydrogen-bond acceptors (Lipinski definition) is 19. The van der Waals surface area contributed by atoms with Gasteiger partial charge in [0.1, 0.15) is 29.2 Å². The van der Waals surface area contributed by atoms with E-state index in [2.05, 4.69) is 15.3 Å². The molecular weight excluding hydrogens is 933 g/mol. The van der Waals surface area contributed by atoms with Crippen LogP contribution in [-0.4, -0.2) is 212 Å². The van der Waals surface area contributed by atoms with Gasteiger partial charge in [0.2, 0.25) is 5.95 Å². The number of ketones is 1. The standard InChI is InChI=1S/C52H90N6O14/c1-17-38-51(10)43(58(48(62)72-51)24-19-18-21-53-47-54-22-20-23-55-47)33(4)40(59)31(2)28-49(8,65-15)44(71-46-41(60)37(56(11)12)27-32(3)67-46)34(5)42(35(6)45(61)69-38)70-39-29-50(9,66-16)52(63,36(7)68-39)30-57(13)25-26-64-14/h20,22-23,31-39,41-44,46,60,63H,17-19,21,24-30H2,1-16H3,(H,53,54,55)/t31-,32-,33+,34+,35-,36+,37+,38-,39+,41-,42+,43-,44-,46+,49+,50-,51-,52-/m1/s1. The Bertz CT molecular complexity index is 1910. The van der Waals surface area contributed by atoms with Gasteiger partial charge in [0, 0.05) is 90.1 Å². The molecule has 5 heterocycles. The molecule has 0 aromatic carbocycles. The van der Waals surface area contributed by atoms with Crippen molar-refractivity contribution in [2.24, 2.45) is 23.7 Å². The van der Waals surface area contributed by atoms with Crippen molar-refractivity contribution in [2.45, 2.75) is 191 Å². The number of amides is 1. The number of Topliss-reactive ketones (excluding diaryl/α,β-unsaturated/α-hetero) is 1. The lowest BCUT2D eigenvalue weighted by Gasteiger charge is -2.54. The second kappa shape index (κ2) is 25.1. The number of aliphatic hydroxyl groups is 2. The largest absolute Gasteiger partial charge is 0.458 e. The highest BCUT2D eigenvalue weighted by molar-refractivity contribution is 5.85. The number of methoxy groups -OCH3 is 3. The van der Waals surface area contributed by atoms with Gasteiger partial charge in [-0.15, -0.1) is 0 Å². The summed E-state index contributed by atoms with van der Waals surface area (Å²) in [5.41, 5.74) is -5.43. The second-order valence-electron chi connectivity index (χ2n) is 21.9. The van der Waals surface area contributed by atoms with Gasteiger partial charge in [0.25, 0.3) is 0 Å². The van der Waals surface area contributed by atoms with Crippen LogP contribution in [-0.2, 0) is 52.2 Å². The third-order valence-corrected chi connectivity index (χ3v) is 16.5. The predicted molar refractivity (Wildman–Crippen MR) is 268 cm³/mol. The number of unbranched alkanes of at least 4 members (excludes halogenated alkanes) is 1. The maximum Gasteiger partial charge on any atom is 0.410 e. The molecular formula is C52H90N6O14. The third kappa shape index (κ3) is 12.9. The molecule has 1 aromatic rings. The highest BCUT2D eigenvalue weighted by Gasteiger charge is 2.62. The summed E-state index contributed by atoms with van der Waals surface area (Å²) in [5.74, 6) is -3.53. The minimum atomic E-state index is -1.50. The van der Waals surface area contributed by atoms with Crippen LogP contribution in [0.3, 0.4) is 0 Å². The Balaban J connectivity index is 1.58. The number of cyclic esters (lactones) is 1. The molecule has 0 saturated carbocycles. The van der Waals surface area contributed by atoms with E-state index in [9.17, 15) is 15.0 Å². The van der Waals surface area contributed by atoms with Crippen LogP contribution in [0, 0.1) is 23.7 Å². The van der Waals surface area contributed by atoms with Crippen LogP contribution in [0.5, 0.6) is 0 Å². The van der Waals surface area contributed by atoms with Gasteiger partial charge < -0.3 is 72.9 Å². The number of fused-ring (bicyclic) bond motifs is 1. The molecule has 4 aliphatic rings. The first-order chi connectivity index (χ1) is 33.8. The number of rotatable bonds is 19. The van der Waals surface area contributed by atoms with Crippen molar-refractivity contribution in [3.05, 3.63) is 18.5 Å². The van der Waals surface area contributed by atoms with Crippen molar-refractivity contribution in [2.75, 3.05) is 80.6 Å². The molecule has 0 spiro atoms. The Labute approximate surface area is 428 Å². The summed E-state index contributed by atoms with van der Waals surface area (Å²) in [5, 5.41) is 27.6. The molecule has 72 heavy (non-hydrogen) atoms. The summed E-state index contributed by atoms with van der Waals surface area (Å²) in [6.07, 6.45) is -2.45. The zero-order valence-corrected chi connectivity index (χ0v) is 46.1. The fraction of sp³-hybridized carbons (Fsp3) is 0.865. The molecule has 20 nitrogen and oxygen atoms in total. The maximum absolute atomic E-state index is 15.1. The molecule has 18 atom stereocenters. The van der Waals surface area contributed by atoms with Gasteiger partial charge >= 0.3 is 12.1 Å². The fourth-order valence-electron chi connectivity index (χ4n) is 12.0. The Morgan fingerprint density at radius 3 is 2.21 bits per heavy atom. The normalized spacial score (nSPS) is 40.4. The molecule has 0 unspecified atom stereocenters. The summed E-state index contributed by atoms with van der Waals surface area (Å²) in [6.45, 7) is 20.3. The Morgan fingerprint density at radius 1 is 0.917 bits per heavy atom. The van der Waals surface area contributed by atoms with Crippen LogP contribution in [0.2, 0.25) is 0 Å². The quantitative estimate of drug-likeness (QED) is 0.128. The number of nitrogens with zero attached hydrogens (tertiary/aromatic N) is 5. The van der Waals surface area contributed by atoms with Crippen LogP contribution < -0.4 is 5.32 Å². The lowest BCUT2D eigenvalue weighted by atomic mass is 9.73. The molecule has 4 fully saturated rings. The van der Waals surface area contributed by atoms with Crippen LogP contribution in [0.1, 0.15) is 108 Å². The molecule has 20 heteroatoms. The maximum atomic E-state index is 15.1. The van der Waals surface area contributed by atoms with Gasteiger partial charge in [0.15, 0.2) is 18.2 Å². The lowest BCUT2D eigenvalue weighted by Crippen LogP contribution is -2.70. The number of aromatic nitrogens is 2. The Morgan fingerprint density at radius 2 is 1.60 bits per heavy atom. The number of nitrogens with one attached hydrogen (secondary N) is 1. The smallest absolute Gasteiger partial charge is 0.410 e. The molecule has 412 valence electrons. The average molecular weight is 1020 g/mol. The number of ether oxygens (including phenoxy) is 9. The molecule has 0 aliphatic carbocycles. The molecule has 5 rings (SSSR count). The molecule has 3 N–H and O–H groups in total. The van der Waals surface area contributed by atoms with Gasteiger partial charge in [-0.1, -0.05) is 27.7 Å². The zero-order valence-electron chi connectivity index (χ0n) is 46.1. The molecule has 0 radical (unpaired) electrons. The summed E-state index contributed by atoms with van der Waals surface area (Å²) in [4.78, 5) is 58.4. The Hall–Kier alpha value is -3.15. The number of aliphatic hydroxyl groups excluding tert-OH is 1. The number of likely N-dealkylation sites (N-methyl/N-ethyl adjacent to an activating group) is 2. The van der Waals surface area contributed by atoms with E-state index in [4.69, 9.17) is 42.6 Å². The lowest BCUT2D eigenvalue weighted by molar-refractivity contribution is -0.339. The van der Waals surface area contributed by atoms with Gasteiger partial charge in [-0.25, -0.2) is 14.8 Å². The topological polar surface area (TPSA) is 222 Å². The van der Waals surface area contributed by atoms with Crippen molar-refractivity contribution in [3.63, 3.8) is 0 Å². The predicted octanol–water partition coefficient (Wildman–Crippen LogP) is 4.54. The van der Waals surface area contributed by atoms with E-state index in [-0.39, 0.29) is 50.3 Å². The van der Waals surface area contributed by atoms with Crippen molar-refractivity contribution in [1.29, 1.82) is 0 Å². The third-order valence-electron chi connectivity index (χ3n) is 16.5. The molecule has 4 aliphatic heterocycles. The number of hydrogen-bond donors (Lipinski definition) is 3. The molecule has 4 saturated heterocycles. The number of esters is 1. The van der Waals surface area contributed by atoms with Crippen LogP contribution in [0.15, 0.2) is 18.5 Å². The van der Waals surface area contributed by atoms with E-state index in [1.54, 1.807) is 65.5 Å². The zero-order chi connectivity index (χ0) is 53.5. The van der Waals surface area contributed by atoms with Gasteiger partial charge in [-0.05, 0) is 101 Å². The molecule has 0 bridgehead atoms. The van der Waals surface area contributed by atoms with Crippen LogP contribution >= 0.6 is 0 Å². The van der Waals surface area contributed by atoms with Crippen LogP contribution in [0.4, 0.5) is 10.7 Å². The summed E-state index contributed by atoms with van der Waals surface area (Å²) >= 11 is 0. The van der Waals surface area contributed by atoms with Gasteiger partial charge in [0.05, 0.1) is 48.6 Å². The second-order valence-corrected chi connectivity index (χ2v) is 21.9. The van der Waals surface area contributed by atoms with Crippen LogP contribution in [0.25, 0.3) is 0 Å². The van der Waals surface area contributed by atoms with Crippen molar-refractivity contribution >= 4 is 23.8 Å². The van der Waals surface area contributed by atoms with E-state index in [0.717, 1.165) is 0 Å². The fourth-order valence-corrected chi connectivity index (χ4v) is 12.0. The highest BCUT2D eigenvalue weighted by atomic mass is 16.7. The van der Waals surface area contributed by atoms with Crippen molar-refractivity contribution in [1.82, 2.24) is 24.7 Å². The monoisotopic (exact) mass is 1020 g/mol. The number of carbonyl (C=O) groups excluding carboxylic acids is 3. The van der Waals surface area contributed by atoms with Crippen molar-refractivity contribution in [3.8, 4) is 0 Å². The summed E-state index contributed by atoms with van der Waals surface area (Å²) in [7, 11) is 10.4. The van der Waals surface area contributed by atoms with Gasteiger partial charge in [-0.2, -0.15) is 0 Å². The molecule has 1 aromatic heterocycles. The van der Waals surface area contributed by atoms with E-state index in [1.807, 2.05) is 79.4 Å². The first-order valence-electron chi connectivity index (χ1n) is 26.1. The minimum Gasteiger partial charge on any atom is -0.458 e. The van der Waals surface area contributed by atoms with E-state index >= 15 is 9.59 Å². The SMILES string of the molecule is CC[C@H]1OC(=O)[C@H](C)[C@@H](O[C@H]2C[C@@](C)(OC)[C@@](O)(CN(C)CCOC)[C@H](C)O2)[C@H](C)[C@@H](O[C@@H]2O[C@H](C)C[C@H](N(C)C)[C@H]2O)[C@@](C)(OC)C[C@@H](C)C(=O)[C@H](C)[C@H]2N(CCCCNc3ncccn3)C(=O)O[C@]12C. The first-order valence-corrected chi connectivity index (χ1v) is 26.1. The van der Waals surface area contributed by atoms with E-state index in [0.29, 0.717) is 44.9 Å². The summed E-state index contributed by atoms with van der Waals surface area (Å²) in [6, 6.07) is 0.608. The van der Waals surface area contributed by atoms with Crippen molar-refractivity contribution < 1.29 is 67.2 Å². The number of carbonyl (C=O) groups is 3. The van der Waals surface area contributed by atoms with E-state index in [1.165, 1.54) is 0 Å². The Kier molecular flexibility index (Phi) is 20.8. The van der Waals surface area contributed by atoms with Gasteiger partial charge in [-0.3, -0.25) is 9.59 Å². The van der Waals surface area contributed by atoms with E-state index < -0.39 is 107 Å². The summed E-state index contributed by atoms with van der Waals surface area (Å²) < 4.78 is 58.0. The first kappa shape index (κ1) is 59.7. The highest BCUT2D eigenvalue weighted by Crippen LogP contribution is 2.46. The number of anilines is 1. The average Bonchev–Trinajstić information content (AvgIpc) is 3.60. The minimum absolute atomic E-state index is 0.0651.